The zero-order chi connectivity index (χ0) is 12.8. The summed E-state index contributed by atoms with van der Waals surface area (Å²) in [6, 6.07) is 8.35. The van der Waals surface area contributed by atoms with E-state index in [0.29, 0.717) is 5.92 Å². The first kappa shape index (κ1) is 13.9. The summed E-state index contributed by atoms with van der Waals surface area (Å²) in [5, 5.41) is 3.36. The Kier molecular flexibility index (Phi) is 5.36. The monoisotopic (exact) mass is 233 g/mol. The summed E-state index contributed by atoms with van der Waals surface area (Å²) >= 11 is 0. The van der Waals surface area contributed by atoms with Crippen LogP contribution in [0.4, 0.5) is 0 Å². The lowest BCUT2D eigenvalue weighted by Crippen LogP contribution is -2.39. The molecule has 0 saturated carbocycles. The van der Waals surface area contributed by atoms with Crippen molar-refractivity contribution in [3.8, 4) is 0 Å². The van der Waals surface area contributed by atoms with Gasteiger partial charge in [0, 0.05) is 6.54 Å². The van der Waals surface area contributed by atoms with E-state index in [2.05, 4.69) is 44.3 Å². The van der Waals surface area contributed by atoms with Gasteiger partial charge >= 0.3 is 0 Å². The molecule has 2 heteroatoms. The van der Waals surface area contributed by atoms with Crippen molar-refractivity contribution < 1.29 is 4.79 Å². The van der Waals surface area contributed by atoms with E-state index >= 15 is 0 Å². The Labute approximate surface area is 104 Å². The standard InChI is InChI=1S/C15H23NO/c1-5-13-8-6-7-9-14(13)10-16-15(11(2)3)12(4)17/h6-9,11,15-16H,5,10H2,1-4H3. The van der Waals surface area contributed by atoms with Crippen LogP contribution in [0.25, 0.3) is 0 Å². The minimum atomic E-state index is -0.0417. The maximum Gasteiger partial charge on any atom is 0.146 e. The van der Waals surface area contributed by atoms with Gasteiger partial charge in [-0.25, -0.2) is 0 Å². The van der Waals surface area contributed by atoms with Crippen molar-refractivity contribution >= 4 is 5.78 Å². The van der Waals surface area contributed by atoms with Crippen LogP contribution in [0.2, 0.25) is 0 Å². The van der Waals surface area contributed by atoms with Gasteiger partial charge in [0.25, 0.3) is 0 Å². The molecule has 0 saturated heterocycles. The Bertz CT molecular complexity index is 371. The number of Topliss-reactive ketones (excluding diaryl/α,β-unsaturated/α-hetero) is 1. The third-order valence-corrected chi connectivity index (χ3v) is 3.12. The number of carbonyl (C=O) groups excluding carboxylic acids is 1. The third kappa shape index (κ3) is 3.97. The molecule has 1 aromatic carbocycles. The van der Waals surface area contributed by atoms with Gasteiger partial charge in [0.05, 0.1) is 6.04 Å². The van der Waals surface area contributed by atoms with Crippen molar-refractivity contribution in [3.05, 3.63) is 35.4 Å². The van der Waals surface area contributed by atoms with Crippen molar-refractivity contribution in [2.24, 2.45) is 5.92 Å². The highest BCUT2D eigenvalue weighted by atomic mass is 16.1. The molecule has 17 heavy (non-hydrogen) atoms. The third-order valence-electron chi connectivity index (χ3n) is 3.12. The molecule has 0 bridgehead atoms. The van der Waals surface area contributed by atoms with Crippen LogP contribution < -0.4 is 5.32 Å². The van der Waals surface area contributed by atoms with E-state index in [4.69, 9.17) is 0 Å². The molecule has 1 N–H and O–H groups in total. The molecule has 0 aliphatic rings. The Hall–Kier alpha value is -1.15. The van der Waals surface area contributed by atoms with Gasteiger partial charge in [0.2, 0.25) is 0 Å². The number of hydrogen-bond acceptors (Lipinski definition) is 2. The molecule has 0 aliphatic carbocycles. The number of rotatable bonds is 6. The largest absolute Gasteiger partial charge is 0.303 e. The van der Waals surface area contributed by atoms with Crippen LogP contribution in [-0.2, 0) is 17.8 Å². The number of carbonyl (C=O) groups is 1. The maximum absolute atomic E-state index is 11.5. The summed E-state index contributed by atoms with van der Waals surface area (Å²) in [6.07, 6.45) is 1.03. The van der Waals surface area contributed by atoms with Crippen LogP contribution in [0.5, 0.6) is 0 Å². The normalized spacial score (nSPS) is 12.8. The SMILES string of the molecule is CCc1ccccc1CNC(C(C)=O)C(C)C. The number of hydrogen-bond donors (Lipinski definition) is 1. The van der Waals surface area contributed by atoms with Crippen molar-refractivity contribution in [3.63, 3.8) is 0 Å². The summed E-state index contributed by atoms with van der Waals surface area (Å²) in [4.78, 5) is 11.5. The molecule has 0 heterocycles. The van der Waals surface area contributed by atoms with Gasteiger partial charge in [-0.15, -0.1) is 0 Å². The van der Waals surface area contributed by atoms with Crippen molar-refractivity contribution in [2.75, 3.05) is 0 Å². The Morgan fingerprint density at radius 1 is 1.24 bits per heavy atom. The molecule has 0 spiro atoms. The minimum absolute atomic E-state index is 0.0417. The maximum atomic E-state index is 11.5. The van der Waals surface area contributed by atoms with Gasteiger partial charge in [0.1, 0.15) is 5.78 Å². The molecule has 1 unspecified atom stereocenters. The molecule has 0 radical (unpaired) electrons. The first-order chi connectivity index (χ1) is 8.06. The van der Waals surface area contributed by atoms with Crippen LogP contribution >= 0.6 is 0 Å². The molecule has 0 fully saturated rings. The molecule has 2 nitrogen and oxygen atoms in total. The van der Waals surface area contributed by atoms with Gasteiger partial charge in [-0.1, -0.05) is 45.0 Å². The van der Waals surface area contributed by atoms with Crippen LogP contribution in [0.3, 0.4) is 0 Å². The molecule has 94 valence electrons. The van der Waals surface area contributed by atoms with Crippen molar-refractivity contribution in [1.82, 2.24) is 5.32 Å². The van der Waals surface area contributed by atoms with Crippen LogP contribution in [0.1, 0.15) is 38.8 Å². The molecular formula is C15H23NO. The lowest BCUT2D eigenvalue weighted by Gasteiger charge is -2.20. The van der Waals surface area contributed by atoms with Gasteiger partial charge in [0.15, 0.2) is 0 Å². The molecular weight excluding hydrogens is 210 g/mol. The fourth-order valence-corrected chi connectivity index (χ4v) is 2.14. The van der Waals surface area contributed by atoms with Gasteiger partial charge in [-0.05, 0) is 30.4 Å². The zero-order valence-electron chi connectivity index (χ0n) is 11.3. The zero-order valence-corrected chi connectivity index (χ0v) is 11.3. The van der Waals surface area contributed by atoms with Gasteiger partial charge < -0.3 is 5.32 Å². The topological polar surface area (TPSA) is 29.1 Å². The van der Waals surface area contributed by atoms with E-state index in [9.17, 15) is 4.79 Å². The predicted molar refractivity (Wildman–Crippen MR) is 72.0 cm³/mol. The van der Waals surface area contributed by atoms with Gasteiger partial charge in [-0.2, -0.15) is 0 Å². The van der Waals surface area contributed by atoms with Crippen LogP contribution in [0, 0.1) is 5.92 Å². The van der Waals surface area contributed by atoms with E-state index in [1.807, 2.05) is 6.07 Å². The smallest absolute Gasteiger partial charge is 0.146 e. The summed E-state index contributed by atoms with van der Waals surface area (Å²) in [6.45, 7) is 8.73. The lowest BCUT2D eigenvalue weighted by atomic mass is 9.99. The second-order valence-electron chi connectivity index (χ2n) is 4.84. The van der Waals surface area contributed by atoms with Crippen molar-refractivity contribution in [2.45, 2.75) is 46.7 Å². The van der Waals surface area contributed by atoms with E-state index in [1.165, 1.54) is 11.1 Å². The Morgan fingerprint density at radius 2 is 1.82 bits per heavy atom. The van der Waals surface area contributed by atoms with E-state index in [0.717, 1.165) is 13.0 Å². The summed E-state index contributed by atoms with van der Waals surface area (Å²) in [7, 11) is 0. The quantitative estimate of drug-likeness (QED) is 0.818. The lowest BCUT2D eigenvalue weighted by molar-refractivity contribution is -0.120. The highest BCUT2D eigenvalue weighted by molar-refractivity contribution is 5.81. The average Bonchev–Trinajstić information content (AvgIpc) is 2.29. The molecule has 1 rings (SSSR count). The highest BCUT2D eigenvalue weighted by Crippen LogP contribution is 2.11. The van der Waals surface area contributed by atoms with E-state index < -0.39 is 0 Å². The second-order valence-corrected chi connectivity index (χ2v) is 4.84. The van der Waals surface area contributed by atoms with Crippen molar-refractivity contribution in [1.29, 1.82) is 0 Å². The summed E-state index contributed by atoms with van der Waals surface area (Å²) in [5.41, 5.74) is 2.65. The fourth-order valence-electron chi connectivity index (χ4n) is 2.14. The average molecular weight is 233 g/mol. The highest BCUT2D eigenvalue weighted by Gasteiger charge is 2.17. The summed E-state index contributed by atoms with van der Waals surface area (Å²) < 4.78 is 0. The van der Waals surface area contributed by atoms with E-state index in [-0.39, 0.29) is 11.8 Å². The first-order valence-electron chi connectivity index (χ1n) is 6.36. The molecule has 0 aliphatic heterocycles. The van der Waals surface area contributed by atoms with E-state index in [1.54, 1.807) is 6.92 Å². The van der Waals surface area contributed by atoms with Gasteiger partial charge in [-0.3, -0.25) is 4.79 Å². The number of ketones is 1. The fraction of sp³-hybridized carbons (Fsp3) is 0.533. The van der Waals surface area contributed by atoms with Crippen LogP contribution in [-0.4, -0.2) is 11.8 Å². The minimum Gasteiger partial charge on any atom is -0.303 e. The number of aryl methyl sites for hydroxylation is 1. The number of nitrogens with one attached hydrogen (secondary N) is 1. The number of benzene rings is 1. The second kappa shape index (κ2) is 6.55. The Morgan fingerprint density at radius 3 is 2.29 bits per heavy atom. The molecule has 1 atom stereocenters. The summed E-state index contributed by atoms with van der Waals surface area (Å²) in [5.74, 6) is 0.551. The molecule has 1 aromatic rings. The first-order valence-corrected chi connectivity index (χ1v) is 6.36. The van der Waals surface area contributed by atoms with Crippen LogP contribution in [0.15, 0.2) is 24.3 Å². The Balaban J connectivity index is 2.68. The molecule has 0 amide bonds. The molecule has 0 aromatic heterocycles. The predicted octanol–water partition coefficient (Wildman–Crippen LogP) is 2.95.